The van der Waals surface area contributed by atoms with E-state index < -0.39 is 0 Å². The predicted molar refractivity (Wildman–Crippen MR) is 64.8 cm³/mol. The number of imidazole rings is 1. The molecular formula is C11H18BrN3. The number of nitrogens with two attached hydrogens (primary N) is 1. The van der Waals surface area contributed by atoms with Gasteiger partial charge in [0.2, 0.25) is 0 Å². The molecule has 2 N–H and O–H groups in total. The van der Waals surface area contributed by atoms with Crippen molar-refractivity contribution in [2.75, 3.05) is 6.54 Å². The van der Waals surface area contributed by atoms with Crippen LogP contribution in [0.4, 0.5) is 0 Å². The largest absolute Gasteiger partial charge is 0.330 e. The van der Waals surface area contributed by atoms with Crippen molar-refractivity contribution in [1.29, 1.82) is 0 Å². The smallest absolute Gasteiger partial charge is 0.109 e. The standard InChI is InChI=1S/C11H18BrN3/c1-8-4-5-10-14-9(3-2-6-13)11(12)15(10)7-8/h8H,2-7,13H2,1H3. The van der Waals surface area contributed by atoms with Crippen molar-refractivity contribution in [3.8, 4) is 0 Å². The van der Waals surface area contributed by atoms with Gasteiger partial charge in [-0.15, -0.1) is 0 Å². The van der Waals surface area contributed by atoms with Crippen LogP contribution in [0.1, 0.15) is 31.3 Å². The molecule has 4 heteroatoms. The normalized spacial score (nSPS) is 20.3. The maximum Gasteiger partial charge on any atom is 0.109 e. The quantitative estimate of drug-likeness (QED) is 0.916. The molecule has 0 radical (unpaired) electrons. The Kier molecular flexibility index (Phi) is 3.46. The third kappa shape index (κ3) is 2.26. The van der Waals surface area contributed by atoms with Crippen LogP contribution in [0.15, 0.2) is 4.60 Å². The SMILES string of the molecule is CC1CCc2nc(CCCN)c(Br)n2C1. The van der Waals surface area contributed by atoms with Crippen LogP contribution in [0.25, 0.3) is 0 Å². The first-order valence-electron chi connectivity index (χ1n) is 5.66. The molecule has 0 spiro atoms. The molecule has 1 aromatic heterocycles. The minimum Gasteiger partial charge on any atom is -0.330 e. The molecule has 1 atom stereocenters. The Morgan fingerprint density at radius 1 is 1.60 bits per heavy atom. The van der Waals surface area contributed by atoms with Crippen LogP contribution in [0, 0.1) is 5.92 Å². The van der Waals surface area contributed by atoms with E-state index in [0.29, 0.717) is 0 Å². The molecule has 1 aromatic rings. The number of aromatic nitrogens is 2. The summed E-state index contributed by atoms with van der Waals surface area (Å²) >= 11 is 3.65. The van der Waals surface area contributed by atoms with E-state index in [1.807, 2.05) is 0 Å². The van der Waals surface area contributed by atoms with Crippen molar-refractivity contribution in [3.05, 3.63) is 16.1 Å². The van der Waals surface area contributed by atoms with Crippen LogP contribution in [0.3, 0.4) is 0 Å². The summed E-state index contributed by atoms with van der Waals surface area (Å²) in [6.45, 7) is 4.14. The van der Waals surface area contributed by atoms with Crippen LogP contribution in [-0.2, 0) is 19.4 Å². The highest BCUT2D eigenvalue weighted by Crippen LogP contribution is 2.27. The van der Waals surface area contributed by atoms with Crippen LogP contribution in [0.5, 0.6) is 0 Å². The summed E-state index contributed by atoms with van der Waals surface area (Å²) in [5.74, 6) is 2.01. The molecule has 0 saturated heterocycles. The summed E-state index contributed by atoms with van der Waals surface area (Å²) in [5.41, 5.74) is 6.71. The molecule has 0 amide bonds. The molecule has 2 heterocycles. The van der Waals surface area contributed by atoms with Gasteiger partial charge >= 0.3 is 0 Å². The van der Waals surface area contributed by atoms with Crippen molar-refractivity contribution in [2.24, 2.45) is 11.7 Å². The van der Waals surface area contributed by atoms with Gasteiger partial charge in [0.1, 0.15) is 10.4 Å². The monoisotopic (exact) mass is 271 g/mol. The average Bonchev–Trinajstić information content (AvgIpc) is 2.53. The zero-order valence-corrected chi connectivity index (χ0v) is 10.8. The summed E-state index contributed by atoms with van der Waals surface area (Å²) < 4.78 is 3.50. The first-order chi connectivity index (χ1) is 7.22. The predicted octanol–water partition coefficient (Wildman–Crippen LogP) is 2.12. The zero-order valence-electron chi connectivity index (χ0n) is 9.17. The summed E-state index contributed by atoms with van der Waals surface area (Å²) in [6.07, 6.45) is 4.39. The Morgan fingerprint density at radius 2 is 2.40 bits per heavy atom. The number of hydrogen-bond acceptors (Lipinski definition) is 2. The van der Waals surface area contributed by atoms with Gasteiger partial charge in [0.05, 0.1) is 5.69 Å². The molecule has 0 fully saturated rings. The van der Waals surface area contributed by atoms with Gasteiger partial charge in [-0.2, -0.15) is 0 Å². The molecule has 84 valence electrons. The molecule has 0 aromatic carbocycles. The van der Waals surface area contributed by atoms with Crippen LogP contribution >= 0.6 is 15.9 Å². The summed E-state index contributed by atoms with van der Waals surface area (Å²) in [4.78, 5) is 4.68. The molecule has 2 rings (SSSR count). The van der Waals surface area contributed by atoms with Crippen LogP contribution in [0.2, 0.25) is 0 Å². The molecule has 1 aliphatic heterocycles. The van der Waals surface area contributed by atoms with Gasteiger partial charge < -0.3 is 10.3 Å². The minimum atomic E-state index is 0.741. The van der Waals surface area contributed by atoms with Crippen LogP contribution in [-0.4, -0.2) is 16.1 Å². The Balaban J connectivity index is 2.20. The van der Waals surface area contributed by atoms with Crippen molar-refractivity contribution in [3.63, 3.8) is 0 Å². The van der Waals surface area contributed by atoms with E-state index in [0.717, 1.165) is 38.3 Å². The van der Waals surface area contributed by atoms with E-state index in [9.17, 15) is 0 Å². The third-order valence-electron chi connectivity index (χ3n) is 3.02. The summed E-state index contributed by atoms with van der Waals surface area (Å²) in [6, 6.07) is 0. The highest BCUT2D eigenvalue weighted by molar-refractivity contribution is 9.10. The molecule has 0 saturated carbocycles. The molecule has 0 aliphatic carbocycles. The lowest BCUT2D eigenvalue weighted by Crippen LogP contribution is -2.18. The second-order valence-electron chi connectivity index (χ2n) is 4.41. The number of rotatable bonds is 3. The number of hydrogen-bond donors (Lipinski definition) is 1. The molecule has 15 heavy (non-hydrogen) atoms. The van der Waals surface area contributed by atoms with E-state index in [2.05, 4.69) is 32.4 Å². The van der Waals surface area contributed by atoms with Gasteiger partial charge in [-0.1, -0.05) is 6.92 Å². The van der Waals surface area contributed by atoms with Crippen molar-refractivity contribution < 1.29 is 0 Å². The Labute approximate surface area is 99.2 Å². The lowest BCUT2D eigenvalue weighted by molar-refractivity contribution is 0.390. The van der Waals surface area contributed by atoms with Gasteiger partial charge in [0.15, 0.2) is 0 Å². The fourth-order valence-electron chi connectivity index (χ4n) is 2.11. The van der Waals surface area contributed by atoms with Gasteiger partial charge in [0, 0.05) is 13.0 Å². The second kappa shape index (κ2) is 4.66. The first-order valence-corrected chi connectivity index (χ1v) is 6.45. The van der Waals surface area contributed by atoms with Gasteiger partial charge in [0.25, 0.3) is 0 Å². The molecule has 3 nitrogen and oxygen atoms in total. The fourth-order valence-corrected chi connectivity index (χ4v) is 2.75. The molecule has 0 bridgehead atoms. The highest BCUT2D eigenvalue weighted by atomic mass is 79.9. The molecule has 1 unspecified atom stereocenters. The zero-order chi connectivity index (χ0) is 10.8. The van der Waals surface area contributed by atoms with Crippen molar-refractivity contribution in [1.82, 2.24) is 9.55 Å². The summed E-state index contributed by atoms with van der Waals surface area (Å²) in [7, 11) is 0. The molecular weight excluding hydrogens is 254 g/mol. The van der Waals surface area contributed by atoms with E-state index in [1.54, 1.807) is 0 Å². The van der Waals surface area contributed by atoms with E-state index in [-0.39, 0.29) is 0 Å². The van der Waals surface area contributed by atoms with E-state index in [1.165, 1.54) is 22.5 Å². The Hall–Kier alpha value is -0.350. The van der Waals surface area contributed by atoms with E-state index >= 15 is 0 Å². The number of aryl methyl sites for hydroxylation is 2. The number of fused-ring (bicyclic) bond motifs is 1. The van der Waals surface area contributed by atoms with Crippen molar-refractivity contribution >= 4 is 15.9 Å². The van der Waals surface area contributed by atoms with E-state index in [4.69, 9.17) is 5.73 Å². The maximum atomic E-state index is 5.52. The van der Waals surface area contributed by atoms with Gasteiger partial charge in [-0.25, -0.2) is 4.98 Å². The Morgan fingerprint density at radius 3 is 3.13 bits per heavy atom. The fraction of sp³-hybridized carbons (Fsp3) is 0.727. The summed E-state index contributed by atoms with van der Waals surface area (Å²) in [5, 5.41) is 0. The molecule has 1 aliphatic rings. The third-order valence-corrected chi connectivity index (χ3v) is 3.91. The lowest BCUT2D eigenvalue weighted by atomic mass is 10.0. The average molecular weight is 272 g/mol. The highest BCUT2D eigenvalue weighted by Gasteiger charge is 2.20. The van der Waals surface area contributed by atoms with Gasteiger partial charge in [-0.05, 0) is 47.7 Å². The van der Waals surface area contributed by atoms with Crippen LogP contribution < -0.4 is 5.73 Å². The first kappa shape index (κ1) is 11.1. The second-order valence-corrected chi connectivity index (χ2v) is 5.16. The topological polar surface area (TPSA) is 43.8 Å². The maximum absolute atomic E-state index is 5.52. The lowest BCUT2D eigenvalue weighted by Gasteiger charge is -2.20. The van der Waals surface area contributed by atoms with Crippen molar-refractivity contribution in [2.45, 2.75) is 39.2 Å². The number of nitrogens with zero attached hydrogens (tertiary/aromatic N) is 2. The minimum absolute atomic E-state index is 0.741. The number of halogens is 1. The van der Waals surface area contributed by atoms with Gasteiger partial charge in [-0.3, -0.25) is 0 Å². The Bertz CT molecular complexity index is 346.